The van der Waals surface area contributed by atoms with Crippen LogP contribution in [0.4, 0.5) is 13.2 Å². The normalized spacial score (nSPS) is 14.0. The van der Waals surface area contributed by atoms with Crippen LogP contribution < -0.4 is 19.9 Å². The summed E-state index contributed by atoms with van der Waals surface area (Å²) in [6, 6.07) is 8.38. The zero-order valence-corrected chi connectivity index (χ0v) is 14.4. The van der Waals surface area contributed by atoms with Gasteiger partial charge < -0.3 is 19.9 Å². The number of hydrogen-bond acceptors (Lipinski definition) is 4. The third-order valence-electron chi connectivity index (χ3n) is 3.30. The van der Waals surface area contributed by atoms with E-state index in [0.29, 0.717) is 17.1 Å². The second-order valence-electron chi connectivity index (χ2n) is 4.82. The lowest BCUT2D eigenvalue weighted by Gasteiger charge is -2.16. The molecule has 24 heavy (non-hydrogen) atoms. The molecule has 0 bridgehead atoms. The van der Waals surface area contributed by atoms with E-state index < -0.39 is 12.4 Å². The monoisotopic (exact) mass is 425 g/mol. The van der Waals surface area contributed by atoms with Crippen LogP contribution in [0.15, 0.2) is 40.9 Å². The summed E-state index contributed by atoms with van der Waals surface area (Å²) in [5, 5.41) is 0. The van der Waals surface area contributed by atoms with E-state index in [4.69, 9.17) is 15.2 Å². The zero-order valence-electron chi connectivity index (χ0n) is 12.0. The van der Waals surface area contributed by atoms with Gasteiger partial charge in [0.25, 0.3) is 0 Å². The van der Waals surface area contributed by atoms with E-state index in [1.807, 2.05) is 0 Å². The Labute approximate surface area is 150 Å². The lowest BCUT2D eigenvalue weighted by Crippen LogP contribution is -2.17. The number of hydrogen-bond donors (Lipinski definition) is 1. The number of halogens is 5. The predicted molar refractivity (Wildman–Crippen MR) is 86.7 cm³/mol. The highest BCUT2D eigenvalue weighted by Gasteiger charge is 2.31. The van der Waals surface area contributed by atoms with Gasteiger partial charge in [-0.25, -0.2) is 0 Å². The van der Waals surface area contributed by atoms with Gasteiger partial charge in [0.15, 0.2) is 11.5 Å². The molecule has 0 radical (unpaired) electrons. The Kier molecular flexibility index (Phi) is 5.52. The number of rotatable bonds is 3. The highest BCUT2D eigenvalue weighted by molar-refractivity contribution is 9.10. The average molecular weight is 427 g/mol. The van der Waals surface area contributed by atoms with Gasteiger partial charge in [-0.3, -0.25) is 0 Å². The predicted octanol–water partition coefficient (Wildman–Crippen LogP) is 4.55. The van der Waals surface area contributed by atoms with Crippen LogP contribution in [0.25, 0.3) is 0 Å². The summed E-state index contributed by atoms with van der Waals surface area (Å²) in [7, 11) is 0. The highest BCUT2D eigenvalue weighted by atomic mass is 79.9. The summed E-state index contributed by atoms with van der Waals surface area (Å²) in [6.07, 6.45) is -4.72. The molecule has 1 atom stereocenters. The maximum Gasteiger partial charge on any atom is 0.573 e. The van der Waals surface area contributed by atoms with Crippen LogP contribution in [-0.2, 0) is 0 Å². The van der Waals surface area contributed by atoms with Crippen LogP contribution >= 0.6 is 28.3 Å². The Morgan fingerprint density at radius 1 is 1.08 bits per heavy atom. The molecule has 0 saturated carbocycles. The van der Waals surface area contributed by atoms with Gasteiger partial charge in [0.1, 0.15) is 5.75 Å². The minimum atomic E-state index is -4.72. The van der Waals surface area contributed by atoms with Crippen molar-refractivity contribution < 1.29 is 27.4 Å². The lowest BCUT2D eigenvalue weighted by atomic mass is 9.99. The van der Waals surface area contributed by atoms with Crippen LogP contribution in [0.2, 0.25) is 0 Å². The van der Waals surface area contributed by atoms with Crippen molar-refractivity contribution in [2.24, 2.45) is 5.73 Å². The van der Waals surface area contributed by atoms with E-state index in [9.17, 15) is 13.2 Å². The minimum absolute atomic E-state index is 0. The SMILES string of the molecule is Cl.N[C@@H](c1ccc(OC(F)(F)F)cc1)c1cc2c(cc1Br)OCO2. The molecule has 2 aromatic rings. The molecule has 0 amide bonds. The largest absolute Gasteiger partial charge is 0.573 e. The smallest absolute Gasteiger partial charge is 0.454 e. The maximum absolute atomic E-state index is 12.2. The van der Waals surface area contributed by atoms with Crippen LogP contribution in [-0.4, -0.2) is 13.2 Å². The first-order valence-corrected chi connectivity index (χ1v) is 7.33. The molecule has 130 valence electrons. The third-order valence-corrected chi connectivity index (χ3v) is 3.99. The molecule has 0 spiro atoms. The van der Waals surface area contributed by atoms with Crippen molar-refractivity contribution in [1.82, 2.24) is 0 Å². The fourth-order valence-corrected chi connectivity index (χ4v) is 2.80. The van der Waals surface area contributed by atoms with Crippen molar-refractivity contribution in [2.45, 2.75) is 12.4 Å². The van der Waals surface area contributed by atoms with Crippen LogP contribution in [0.1, 0.15) is 17.2 Å². The number of benzene rings is 2. The van der Waals surface area contributed by atoms with Crippen LogP contribution in [0.3, 0.4) is 0 Å². The summed E-state index contributed by atoms with van der Waals surface area (Å²) in [5.41, 5.74) is 7.57. The second-order valence-corrected chi connectivity index (χ2v) is 5.68. The van der Waals surface area contributed by atoms with Gasteiger partial charge in [0.2, 0.25) is 6.79 Å². The molecule has 0 fully saturated rings. The van der Waals surface area contributed by atoms with Crippen molar-refractivity contribution in [3.8, 4) is 17.2 Å². The molecule has 2 aromatic carbocycles. The van der Waals surface area contributed by atoms with E-state index in [1.54, 1.807) is 12.1 Å². The summed E-state index contributed by atoms with van der Waals surface area (Å²) in [6.45, 7) is 0.143. The second kappa shape index (κ2) is 7.08. The van der Waals surface area contributed by atoms with E-state index in [2.05, 4.69) is 20.7 Å². The van der Waals surface area contributed by atoms with Crippen LogP contribution in [0, 0.1) is 0 Å². The summed E-state index contributed by atoms with van der Waals surface area (Å²) in [5.74, 6) is 0.899. The molecular formula is C15H12BrClF3NO3. The highest BCUT2D eigenvalue weighted by Crippen LogP contribution is 2.40. The van der Waals surface area contributed by atoms with Gasteiger partial charge in [-0.2, -0.15) is 0 Å². The van der Waals surface area contributed by atoms with Gasteiger partial charge >= 0.3 is 6.36 Å². The van der Waals surface area contributed by atoms with E-state index in [1.165, 1.54) is 24.3 Å². The zero-order chi connectivity index (χ0) is 16.6. The maximum atomic E-state index is 12.2. The lowest BCUT2D eigenvalue weighted by molar-refractivity contribution is -0.274. The fourth-order valence-electron chi connectivity index (χ4n) is 2.23. The third kappa shape index (κ3) is 4.06. The van der Waals surface area contributed by atoms with Crippen molar-refractivity contribution >= 4 is 28.3 Å². The average Bonchev–Trinajstić information content (AvgIpc) is 2.92. The molecule has 9 heteroatoms. The molecule has 0 unspecified atom stereocenters. The number of fused-ring (bicyclic) bond motifs is 1. The first kappa shape index (κ1) is 18.7. The number of ether oxygens (including phenoxy) is 3. The molecule has 1 aliphatic rings. The Hall–Kier alpha value is -1.64. The molecule has 0 aromatic heterocycles. The molecule has 1 heterocycles. The number of alkyl halides is 3. The minimum Gasteiger partial charge on any atom is -0.454 e. The molecule has 1 aliphatic heterocycles. The standard InChI is InChI=1S/C15H11BrF3NO3.ClH/c16-11-6-13-12(21-7-22-13)5-10(11)14(20)8-1-3-9(4-2-8)23-15(17,18)19;/h1-6,14H,7,20H2;1H/t14-;/m0./s1. The van der Waals surface area contributed by atoms with Gasteiger partial charge in [-0.15, -0.1) is 25.6 Å². The molecule has 4 nitrogen and oxygen atoms in total. The summed E-state index contributed by atoms with van der Waals surface area (Å²) in [4.78, 5) is 0. The van der Waals surface area contributed by atoms with E-state index in [-0.39, 0.29) is 24.9 Å². The topological polar surface area (TPSA) is 53.7 Å². The van der Waals surface area contributed by atoms with Crippen molar-refractivity contribution in [1.29, 1.82) is 0 Å². The van der Waals surface area contributed by atoms with Gasteiger partial charge in [-0.1, -0.05) is 28.1 Å². The molecule has 3 rings (SSSR count). The summed E-state index contributed by atoms with van der Waals surface area (Å²) < 4.78 is 51.6. The first-order valence-electron chi connectivity index (χ1n) is 6.54. The van der Waals surface area contributed by atoms with Crippen molar-refractivity contribution in [3.63, 3.8) is 0 Å². The first-order chi connectivity index (χ1) is 10.8. The van der Waals surface area contributed by atoms with Gasteiger partial charge in [0.05, 0.1) is 6.04 Å². The Morgan fingerprint density at radius 3 is 2.25 bits per heavy atom. The van der Waals surface area contributed by atoms with E-state index in [0.717, 1.165) is 10.0 Å². The number of nitrogens with two attached hydrogens (primary N) is 1. The van der Waals surface area contributed by atoms with Gasteiger partial charge in [0, 0.05) is 4.47 Å². The Balaban J connectivity index is 0.00000208. The summed E-state index contributed by atoms with van der Waals surface area (Å²) >= 11 is 3.41. The molecule has 0 saturated heterocycles. The van der Waals surface area contributed by atoms with Crippen LogP contribution in [0.5, 0.6) is 17.2 Å². The fraction of sp³-hybridized carbons (Fsp3) is 0.200. The van der Waals surface area contributed by atoms with Crippen molar-refractivity contribution in [3.05, 3.63) is 52.0 Å². The molecular weight excluding hydrogens is 415 g/mol. The molecule has 0 aliphatic carbocycles. The Bertz CT molecular complexity index is 725. The molecule has 2 N–H and O–H groups in total. The Morgan fingerprint density at radius 2 is 1.67 bits per heavy atom. The van der Waals surface area contributed by atoms with Crippen molar-refractivity contribution in [2.75, 3.05) is 6.79 Å². The van der Waals surface area contributed by atoms with E-state index >= 15 is 0 Å². The quantitative estimate of drug-likeness (QED) is 0.783. The van der Waals surface area contributed by atoms with Gasteiger partial charge in [-0.05, 0) is 35.4 Å².